The van der Waals surface area contributed by atoms with Gasteiger partial charge in [-0.2, -0.15) is 0 Å². The van der Waals surface area contributed by atoms with Crippen molar-refractivity contribution >= 4 is 17.6 Å². The SMILES string of the molecule is Cc1ccc(C)c(OCCO/N=C/c2ccc(N3CCOCC3)c([N+](=O)[O-])c2)c1. The second kappa shape index (κ2) is 9.88. The first kappa shape index (κ1) is 20.6. The summed E-state index contributed by atoms with van der Waals surface area (Å²) in [6.45, 7) is 7.04. The van der Waals surface area contributed by atoms with Gasteiger partial charge < -0.3 is 19.2 Å². The van der Waals surface area contributed by atoms with Crippen molar-refractivity contribution in [2.24, 2.45) is 5.16 Å². The number of anilines is 1. The molecule has 29 heavy (non-hydrogen) atoms. The van der Waals surface area contributed by atoms with Gasteiger partial charge in [-0.25, -0.2) is 0 Å². The van der Waals surface area contributed by atoms with E-state index in [9.17, 15) is 10.1 Å². The minimum atomic E-state index is -0.374. The molecule has 2 aromatic carbocycles. The summed E-state index contributed by atoms with van der Waals surface area (Å²) in [6.07, 6.45) is 1.47. The van der Waals surface area contributed by atoms with Gasteiger partial charge in [0.15, 0.2) is 6.61 Å². The van der Waals surface area contributed by atoms with E-state index in [1.807, 2.05) is 36.9 Å². The van der Waals surface area contributed by atoms with Crippen LogP contribution in [-0.2, 0) is 9.57 Å². The summed E-state index contributed by atoms with van der Waals surface area (Å²) in [7, 11) is 0. The molecule has 0 bridgehead atoms. The molecule has 0 N–H and O–H groups in total. The molecule has 0 saturated carbocycles. The van der Waals surface area contributed by atoms with E-state index in [1.165, 1.54) is 12.3 Å². The molecule has 0 radical (unpaired) electrons. The molecule has 0 amide bonds. The third kappa shape index (κ3) is 5.68. The van der Waals surface area contributed by atoms with Crippen LogP contribution in [0.4, 0.5) is 11.4 Å². The molecular weight excluding hydrogens is 374 g/mol. The van der Waals surface area contributed by atoms with E-state index in [-0.39, 0.29) is 17.2 Å². The highest BCUT2D eigenvalue weighted by molar-refractivity contribution is 5.82. The largest absolute Gasteiger partial charge is 0.490 e. The maximum atomic E-state index is 11.5. The number of ether oxygens (including phenoxy) is 2. The van der Waals surface area contributed by atoms with Gasteiger partial charge in [-0.05, 0) is 37.1 Å². The van der Waals surface area contributed by atoms with Gasteiger partial charge in [-0.15, -0.1) is 0 Å². The molecule has 0 aromatic heterocycles. The van der Waals surface area contributed by atoms with Crippen LogP contribution in [0.15, 0.2) is 41.6 Å². The molecule has 1 heterocycles. The number of morpholine rings is 1. The Morgan fingerprint density at radius 1 is 1.17 bits per heavy atom. The van der Waals surface area contributed by atoms with Crippen LogP contribution in [0.5, 0.6) is 5.75 Å². The lowest BCUT2D eigenvalue weighted by Crippen LogP contribution is -2.36. The van der Waals surface area contributed by atoms with Crippen molar-refractivity contribution in [3.63, 3.8) is 0 Å². The van der Waals surface area contributed by atoms with Crippen LogP contribution in [0.2, 0.25) is 0 Å². The molecule has 0 atom stereocenters. The number of aryl methyl sites for hydroxylation is 2. The standard InChI is InChI=1S/C21H25N3O5/c1-16-3-4-17(2)21(13-16)28-11-12-29-22-15-18-5-6-19(20(14-18)24(25)26)23-7-9-27-10-8-23/h3-6,13-15H,7-12H2,1-2H3/b22-15+. The van der Waals surface area contributed by atoms with E-state index in [0.717, 1.165) is 16.9 Å². The van der Waals surface area contributed by atoms with Gasteiger partial charge in [-0.1, -0.05) is 23.4 Å². The van der Waals surface area contributed by atoms with Gasteiger partial charge in [0, 0.05) is 24.7 Å². The third-order valence-electron chi connectivity index (χ3n) is 4.60. The Hall–Kier alpha value is -3.13. The Kier molecular flexibility index (Phi) is 7.02. The van der Waals surface area contributed by atoms with Gasteiger partial charge >= 0.3 is 0 Å². The predicted octanol–water partition coefficient (Wildman–Crippen LogP) is 3.48. The molecular formula is C21H25N3O5. The van der Waals surface area contributed by atoms with Crippen LogP contribution in [-0.4, -0.2) is 50.7 Å². The van der Waals surface area contributed by atoms with Crippen LogP contribution in [0.3, 0.4) is 0 Å². The molecule has 2 aromatic rings. The van der Waals surface area contributed by atoms with Crippen molar-refractivity contribution < 1.29 is 19.2 Å². The van der Waals surface area contributed by atoms with E-state index in [4.69, 9.17) is 14.3 Å². The normalized spacial score (nSPS) is 14.2. The number of nitro benzene ring substituents is 1. The van der Waals surface area contributed by atoms with Crippen LogP contribution < -0.4 is 9.64 Å². The second-order valence-corrected chi connectivity index (χ2v) is 6.79. The number of rotatable bonds is 8. The minimum absolute atomic E-state index is 0.0501. The van der Waals surface area contributed by atoms with Crippen LogP contribution in [0.1, 0.15) is 16.7 Å². The Balaban J connectivity index is 1.54. The second-order valence-electron chi connectivity index (χ2n) is 6.79. The first-order valence-corrected chi connectivity index (χ1v) is 9.51. The highest BCUT2D eigenvalue weighted by atomic mass is 16.6. The summed E-state index contributed by atoms with van der Waals surface area (Å²) in [4.78, 5) is 18.3. The van der Waals surface area contributed by atoms with E-state index < -0.39 is 0 Å². The molecule has 3 rings (SSSR count). The Labute approximate surface area is 169 Å². The Bertz CT molecular complexity index is 879. The fourth-order valence-electron chi connectivity index (χ4n) is 3.04. The first-order valence-electron chi connectivity index (χ1n) is 9.51. The Morgan fingerprint density at radius 2 is 1.97 bits per heavy atom. The van der Waals surface area contributed by atoms with Crippen LogP contribution >= 0.6 is 0 Å². The fourth-order valence-corrected chi connectivity index (χ4v) is 3.04. The van der Waals surface area contributed by atoms with E-state index in [2.05, 4.69) is 5.16 Å². The van der Waals surface area contributed by atoms with Crippen molar-refractivity contribution in [2.75, 3.05) is 44.4 Å². The number of nitrogens with zero attached hydrogens (tertiary/aromatic N) is 3. The van der Waals surface area contributed by atoms with Gasteiger partial charge in [0.25, 0.3) is 5.69 Å². The molecule has 0 aliphatic carbocycles. The quantitative estimate of drug-likeness (QED) is 0.292. The summed E-state index contributed by atoms with van der Waals surface area (Å²) in [6, 6.07) is 11.1. The summed E-state index contributed by atoms with van der Waals surface area (Å²) in [5.41, 5.74) is 3.44. The van der Waals surface area contributed by atoms with Crippen molar-refractivity contribution in [3.8, 4) is 5.75 Å². The average molecular weight is 399 g/mol. The molecule has 1 aliphatic heterocycles. The number of hydrogen-bond donors (Lipinski definition) is 0. The predicted molar refractivity (Wildman–Crippen MR) is 111 cm³/mol. The zero-order chi connectivity index (χ0) is 20.6. The van der Waals surface area contributed by atoms with Crippen LogP contribution in [0, 0.1) is 24.0 Å². The lowest BCUT2D eigenvalue weighted by Gasteiger charge is -2.28. The van der Waals surface area contributed by atoms with Gasteiger partial charge in [-0.3, -0.25) is 10.1 Å². The number of hydrogen-bond acceptors (Lipinski definition) is 7. The molecule has 1 saturated heterocycles. The molecule has 8 heteroatoms. The first-order chi connectivity index (χ1) is 14.0. The molecule has 8 nitrogen and oxygen atoms in total. The third-order valence-corrected chi connectivity index (χ3v) is 4.60. The topological polar surface area (TPSA) is 86.4 Å². The highest BCUT2D eigenvalue weighted by Crippen LogP contribution is 2.29. The minimum Gasteiger partial charge on any atom is -0.490 e. The fraction of sp³-hybridized carbons (Fsp3) is 0.381. The summed E-state index contributed by atoms with van der Waals surface area (Å²) in [5, 5.41) is 15.4. The van der Waals surface area contributed by atoms with Crippen LogP contribution in [0.25, 0.3) is 0 Å². The van der Waals surface area contributed by atoms with Gasteiger partial charge in [0.1, 0.15) is 18.0 Å². The maximum Gasteiger partial charge on any atom is 0.293 e. The Morgan fingerprint density at radius 3 is 2.72 bits per heavy atom. The number of nitro groups is 1. The monoisotopic (exact) mass is 399 g/mol. The van der Waals surface area contributed by atoms with E-state index in [0.29, 0.717) is 44.2 Å². The number of oxime groups is 1. The summed E-state index contributed by atoms with van der Waals surface area (Å²) < 4.78 is 11.0. The molecule has 1 fully saturated rings. The highest BCUT2D eigenvalue weighted by Gasteiger charge is 2.21. The lowest BCUT2D eigenvalue weighted by molar-refractivity contribution is -0.384. The smallest absolute Gasteiger partial charge is 0.293 e. The molecule has 0 unspecified atom stereocenters. The summed E-state index contributed by atoms with van der Waals surface area (Å²) >= 11 is 0. The van der Waals surface area contributed by atoms with Gasteiger partial charge in [0.2, 0.25) is 0 Å². The van der Waals surface area contributed by atoms with Crippen molar-refractivity contribution in [1.29, 1.82) is 0 Å². The zero-order valence-corrected chi connectivity index (χ0v) is 16.7. The van der Waals surface area contributed by atoms with Crippen molar-refractivity contribution in [1.82, 2.24) is 0 Å². The summed E-state index contributed by atoms with van der Waals surface area (Å²) in [5.74, 6) is 0.826. The molecule has 0 spiro atoms. The lowest BCUT2D eigenvalue weighted by atomic mass is 10.1. The number of benzene rings is 2. The van der Waals surface area contributed by atoms with E-state index in [1.54, 1.807) is 12.1 Å². The van der Waals surface area contributed by atoms with E-state index >= 15 is 0 Å². The van der Waals surface area contributed by atoms with Crippen molar-refractivity contribution in [2.45, 2.75) is 13.8 Å². The van der Waals surface area contributed by atoms with Crippen molar-refractivity contribution in [3.05, 3.63) is 63.2 Å². The molecule has 1 aliphatic rings. The zero-order valence-electron chi connectivity index (χ0n) is 16.7. The maximum absolute atomic E-state index is 11.5. The van der Waals surface area contributed by atoms with Gasteiger partial charge in [0.05, 0.1) is 24.4 Å². The molecule has 154 valence electrons. The average Bonchev–Trinajstić information content (AvgIpc) is 2.73.